The Bertz CT molecular complexity index is 788. The molecular weight excluding hydrogens is 326 g/mol. The number of aromatic nitrogens is 2. The van der Waals surface area contributed by atoms with Crippen LogP contribution in [0.25, 0.3) is 0 Å². The van der Waals surface area contributed by atoms with Gasteiger partial charge in [0.25, 0.3) is 0 Å². The first kappa shape index (κ1) is 15.3. The number of ether oxygens (including phenoxy) is 1. The lowest BCUT2D eigenvalue weighted by atomic mass is 10.1. The molecule has 22 heavy (non-hydrogen) atoms. The first-order chi connectivity index (χ1) is 10.5. The highest BCUT2D eigenvalue weighted by Gasteiger charge is 2.27. The second-order valence-electron chi connectivity index (χ2n) is 5.15. The minimum Gasteiger partial charge on any atom is -0.495 e. The summed E-state index contributed by atoms with van der Waals surface area (Å²) >= 11 is 5.92. The van der Waals surface area contributed by atoms with Crippen molar-refractivity contribution in [2.75, 3.05) is 7.11 Å². The predicted molar refractivity (Wildman–Crippen MR) is 82.7 cm³/mol. The Hall–Kier alpha value is -1.57. The molecule has 8 heteroatoms. The van der Waals surface area contributed by atoms with Crippen LogP contribution in [0.2, 0.25) is 5.02 Å². The van der Waals surface area contributed by atoms with Gasteiger partial charge in [-0.2, -0.15) is 5.10 Å². The molecule has 1 aromatic carbocycles. The van der Waals surface area contributed by atoms with Gasteiger partial charge in [0.1, 0.15) is 10.6 Å². The third-order valence-corrected chi connectivity index (χ3v) is 5.46. The zero-order valence-corrected chi connectivity index (χ0v) is 13.6. The highest BCUT2D eigenvalue weighted by atomic mass is 35.5. The molecule has 0 spiro atoms. The monoisotopic (exact) mass is 341 g/mol. The first-order valence-corrected chi connectivity index (χ1v) is 8.72. The normalized spacial score (nSPS) is 18.0. The molecule has 2 aromatic rings. The van der Waals surface area contributed by atoms with Crippen molar-refractivity contribution in [3.8, 4) is 5.75 Å². The van der Waals surface area contributed by atoms with E-state index in [-0.39, 0.29) is 16.7 Å². The number of methoxy groups -OCH3 is 1. The molecule has 0 bridgehead atoms. The Morgan fingerprint density at radius 2 is 2.23 bits per heavy atom. The minimum atomic E-state index is -3.70. The lowest BCUT2D eigenvalue weighted by Gasteiger charge is -2.24. The van der Waals surface area contributed by atoms with Crippen molar-refractivity contribution >= 4 is 21.6 Å². The second kappa shape index (κ2) is 5.91. The number of fused-ring (bicyclic) bond motifs is 1. The Labute approximate surface area is 134 Å². The predicted octanol–water partition coefficient (Wildman–Crippen LogP) is 1.84. The Balaban J connectivity index is 1.84. The third-order valence-electron chi connectivity index (χ3n) is 3.69. The summed E-state index contributed by atoms with van der Waals surface area (Å²) in [6.07, 6.45) is 3.03. The zero-order chi connectivity index (χ0) is 15.7. The van der Waals surface area contributed by atoms with E-state index in [1.807, 2.05) is 10.7 Å². The van der Waals surface area contributed by atoms with Gasteiger partial charge in [0.2, 0.25) is 10.0 Å². The molecule has 0 saturated carbocycles. The Morgan fingerprint density at radius 3 is 3.00 bits per heavy atom. The molecule has 1 aromatic heterocycles. The smallest absolute Gasteiger partial charge is 0.244 e. The maximum atomic E-state index is 12.6. The van der Waals surface area contributed by atoms with Crippen molar-refractivity contribution in [3.63, 3.8) is 0 Å². The fraction of sp³-hybridized carbons (Fsp3) is 0.357. The van der Waals surface area contributed by atoms with Gasteiger partial charge in [-0.25, -0.2) is 13.1 Å². The molecule has 118 valence electrons. The van der Waals surface area contributed by atoms with E-state index in [4.69, 9.17) is 16.3 Å². The number of sulfonamides is 1. The average molecular weight is 342 g/mol. The molecule has 0 unspecified atom stereocenters. The van der Waals surface area contributed by atoms with E-state index < -0.39 is 10.0 Å². The molecule has 0 radical (unpaired) electrons. The van der Waals surface area contributed by atoms with Crippen molar-refractivity contribution in [3.05, 3.63) is 41.2 Å². The van der Waals surface area contributed by atoms with Crippen LogP contribution in [0.15, 0.2) is 35.4 Å². The van der Waals surface area contributed by atoms with Gasteiger partial charge in [-0.05, 0) is 30.7 Å². The maximum absolute atomic E-state index is 12.6. The highest BCUT2D eigenvalue weighted by Crippen LogP contribution is 2.27. The Kier molecular flexibility index (Phi) is 4.12. The van der Waals surface area contributed by atoms with Gasteiger partial charge in [0.05, 0.1) is 7.11 Å². The van der Waals surface area contributed by atoms with E-state index in [2.05, 4.69) is 9.82 Å². The maximum Gasteiger partial charge on any atom is 0.244 e. The van der Waals surface area contributed by atoms with Crippen LogP contribution in [0, 0.1) is 0 Å². The van der Waals surface area contributed by atoms with Crippen molar-refractivity contribution in [1.82, 2.24) is 14.5 Å². The van der Waals surface area contributed by atoms with Crippen LogP contribution < -0.4 is 9.46 Å². The van der Waals surface area contributed by atoms with Gasteiger partial charge in [-0.3, -0.25) is 4.68 Å². The molecule has 1 atom stereocenters. The van der Waals surface area contributed by atoms with E-state index in [1.54, 1.807) is 18.3 Å². The van der Waals surface area contributed by atoms with Gasteiger partial charge in [-0.1, -0.05) is 11.6 Å². The van der Waals surface area contributed by atoms with Gasteiger partial charge in [0.15, 0.2) is 0 Å². The molecule has 0 aliphatic carbocycles. The number of rotatable bonds is 4. The minimum absolute atomic E-state index is 0.0570. The van der Waals surface area contributed by atoms with Crippen molar-refractivity contribution in [1.29, 1.82) is 0 Å². The second-order valence-corrected chi connectivity index (χ2v) is 7.27. The standard InChI is InChI=1S/C14H16ClN3O3S/c1-21-13-3-2-10(15)8-14(13)22(19,20)17-11-5-7-18-12(9-11)4-6-16-18/h2-4,6,8,11,17H,5,7,9H2,1H3/t11-/m0/s1. The van der Waals surface area contributed by atoms with Crippen LogP contribution in [-0.2, 0) is 23.0 Å². The molecule has 0 fully saturated rings. The molecule has 1 N–H and O–H groups in total. The molecule has 1 aliphatic rings. The first-order valence-electron chi connectivity index (χ1n) is 6.86. The number of hydrogen-bond acceptors (Lipinski definition) is 4. The molecule has 0 saturated heterocycles. The van der Waals surface area contributed by atoms with E-state index >= 15 is 0 Å². The molecule has 6 nitrogen and oxygen atoms in total. The number of aryl methyl sites for hydroxylation is 1. The lowest BCUT2D eigenvalue weighted by Crippen LogP contribution is -2.40. The summed E-state index contributed by atoms with van der Waals surface area (Å²) in [6.45, 7) is 0.697. The number of benzene rings is 1. The van der Waals surface area contributed by atoms with Gasteiger partial charge >= 0.3 is 0 Å². The summed E-state index contributed by atoms with van der Waals surface area (Å²) in [6, 6.07) is 6.28. The molecule has 2 heterocycles. The van der Waals surface area contributed by atoms with Crippen molar-refractivity contribution in [2.24, 2.45) is 0 Å². The number of halogens is 1. The third kappa shape index (κ3) is 2.97. The SMILES string of the molecule is COc1ccc(Cl)cc1S(=O)(=O)N[C@H]1CCn2nccc2C1. The van der Waals surface area contributed by atoms with E-state index in [1.165, 1.54) is 13.2 Å². The van der Waals surface area contributed by atoms with E-state index in [9.17, 15) is 8.42 Å². The van der Waals surface area contributed by atoms with E-state index in [0.29, 0.717) is 24.4 Å². The molecular formula is C14H16ClN3O3S. The van der Waals surface area contributed by atoms with Crippen molar-refractivity contribution in [2.45, 2.75) is 30.3 Å². The largest absolute Gasteiger partial charge is 0.495 e. The van der Waals surface area contributed by atoms with Gasteiger partial charge < -0.3 is 4.74 Å². The van der Waals surface area contributed by atoms with Crippen LogP contribution in [-0.4, -0.2) is 31.3 Å². The average Bonchev–Trinajstić information content (AvgIpc) is 2.94. The van der Waals surface area contributed by atoms with Crippen LogP contribution in [0.4, 0.5) is 0 Å². The van der Waals surface area contributed by atoms with Crippen molar-refractivity contribution < 1.29 is 13.2 Å². The topological polar surface area (TPSA) is 73.2 Å². The van der Waals surface area contributed by atoms with Crippen LogP contribution in [0.3, 0.4) is 0 Å². The van der Waals surface area contributed by atoms with Crippen LogP contribution >= 0.6 is 11.6 Å². The van der Waals surface area contributed by atoms with Gasteiger partial charge in [-0.15, -0.1) is 0 Å². The molecule has 0 amide bonds. The number of nitrogens with one attached hydrogen (secondary N) is 1. The van der Waals surface area contributed by atoms with E-state index in [0.717, 1.165) is 5.69 Å². The van der Waals surface area contributed by atoms with Gasteiger partial charge in [0, 0.05) is 35.9 Å². The number of nitrogens with zero attached hydrogens (tertiary/aromatic N) is 2. The quantitative estimate of drug-likeness (QED) is 0.921. The number of hydrogen-bond donors (Lipinski definition) is 1. The summed E-state index contributed by atoms with van der Waals surface area (Å²) in [5, 5.41) is 4.54. The lowest BCUT2D eigenvalue weighted by molar-refractivity contribution is 0.398. The summed E-state index contributed by atoms with van der Waals surface area (Å²) in [5.41, 5.74) is 1.03. The summed E-state index contributed by atoms with van der Waals surface area (Å²) in [7, 11) is -2.27. The summed E-state index contributed by atoms with van der Waals surface area (Å²) in [4.78, 5) is 0.0570. The Morgan fingerprint density at radius 1 is 1.41 bits per heavy atom. The summed E-state index contributed by atoms with van der Waals surface area (Å²) in [5.74, 6) is 0.276. The fourth-order valence-electron chi connectivity index (χ4n) is 2.61. The zero-order valence-electron chi connectivity index (χ0n) is 12.0. The van der Waals surface area contributed by atoms with Crippen LogP contribution in [0.1, 0.15) is 12.1 Å². The van der Waals surface area contributed by atoms with Crippen LogP contribution in [0.5, 0.6) is 5.75 Å². The summed E-state index contributed by atoms with van der Waals surface area (Å²) < 4.78 is 35.0. The highest BCUT2D eigenvalue weighted by molar-refractivity contribution is 7.89. The molecule has 3 rings (SSSR count). The molecule has 1 aliphatic heterocycles. The fourth-order valence-corrected chi connectivity index (χ4v) is 4.31.